The standard InChI is InChI=1S/C6H12NO3P/c1-2-10-11(9)5-3-4-6(8)7-11/h2-5H2,1H3,(H,7,8,9). The number of hydrogen-bond donors (Lipinski definition) is 1. The molecule has 1 N–H and O–H groups in total. The lowest BCUT2D eigenvalue weighted by Gasteiger charge is -2.22. The second-order valence-electron chi connectivity index (χ2n) is 2.45. The molecule has 4 nitrogen and oxygen atoms in total. The molecule has 1 amide bonds. The molecule has 0 saturated carbocycles. The monoisotopic (exact) mass is 177 g/mol. The third-order valence-electron chi connectivity index (χ3n) is 1.49. The van der Waals surface area contributed by atoms with Gasteiger partial charge in [-0.1, -0.05) is 0 Å². The molecule has 1 fully saturated rings. The number of carbonyl (C=O) groups is 1. The lowest BCUT2D eigenvalue weighted by molar-refractivity contribution is -0.119. The molecule has 1 heterocycles. The van der Waals surface area contributed by atoms with Crippen LogP contribution in [0.2, 0.25) is 0 Å². The summed E-state index contributed by atoms with van der Waals surface area (Å²) in [6, 6.07) is 0. The molecule has 11 heavy (non-hydrogen) atoms. The quantitative estimate of drug-likeness (QED) is 0.643. The molecule has 64 valence electrons. The molecule has 0 aromatic carbocycles. The molecule has 0 radical (unpaired) electrons. The average molecular weight is 177 g/mol. The van der Waals surface area contributed by atoms with E-state index in [9.17, 15) is 9.36 Å². The Morgan fingerprint density at radius 3 is 3.00 bits per heavy atom. The van der Waals surface area contributed by atoms with E-state index in [0.717, 1.165) is 0 Å². The summed E-state index contributed by atoms with van der Waals surface area (Å²) in [6.07, 6.45) is 1.62. The maximum absolute atomic E-state index is 11.5. The van der Waals surface area contributed by atoms with Gasteiger partial charge >= 0.3 is 0 Å². The molecule has 0 aromatic rings. The van der Waals surface area contributed by atoms with Gasteiger partial charge in [0.15, 0.2) is 0 Å². The van der Waals surface area contributed by atoms with E-state index in [1.165, 1.54) is 0 Å². The molecule has 1 atom stereocenters. The SMILES string of the molecule is CCOP1(=O)CCCC(=O)N1. The van der Waals surface area contributed by atoms with Crippen LogP contribution >= 0.6 is 7.52 Å². The van der Waals surface area contributed by atoms with Crippen molar-refractivity contribution in [1.29, 1.82) is 0 Å². The first kappa shape index (κ1) is 8.75. The van der Waals surface area contributed by atoms with E-state index in [4.69, 9.17) is 4.52 Å². The zero-order valence-electron chi connectivity index (χ0n) is 6.50. The summed E-state index contributed by atoms with van der Waals surface area (Å²) < 4.78 is 16.5. The lowest BCUT2D eigenvalue weighted by atomic mass is 10.3. The minimum absolute atomic E-state index is 0.159. The van der Waals surface area contributed by atoms with E-state index in [0.29, 0.717) is 25.6 Å². The number of hydrogen-bond acceptors (Lipinski definition) is 3. The highest BCUT2D eigenvalue weighted by molar-refractivity contribution is 7.57. The Morgan fingerprint density at radius 2 is 2.45 bits per heavy atom. The molecule has 1 aliphatic rings. The summed E-state index contributed by atoms with van der Waals surface area (Å²) in [7, 11) is -2.77. The summed E-state index contributed by atoms with van der Waals surface area (Å²) in [5, 5.41) is 2.39. The smallest absolute Gasteiger partial charge is 0.295 e. The van der Waals surface area contributed by atoms with Gasteiger partial charge in [0.25, 0.3) is 7.52 Å². The van der Waals surface area contributed by atoms with Gasteiger partial charge in [0, 0.05) is 12.6 Å². The number of rotatable bonds is 2. The third kappa shape index (κ3) is 2.31. The van der Waals surface area contributed by atoms with Crippen molar-refractivity contribution in [3.05, 3.63) is 0 Å². The van der Waals surface area contributed by atoms with Gasteiger partial charge in [0.2, 0.25) is 5.91 Å². The van der Waals surface area contributed by atoms with Crippen LogP contribution in [0.5, 0.6) is 0 Å². The predicted molar refractivity (Wildman–Crippen MR) is 41.5 cm³/mol. The Balaban J connectivity index is 2.56. The van der Waals surface area contributed by atoms with Crippen molar-refractivity contribution in [3.63, 3.8) is 0 Å². The molecule has 0 aliphatic carbocycles. The fraction of sp³-hybridized carbons (Fsp3) is 0.833. The van der Waals surface area contributed by atoms with E-state index in [1.54, 1.807) is 6.92 Å². The fourth-order valence-electron chi connectivity index (χ4n) is 1.05. The molecule has 1 aliphatic heterocycles. The molecule has 5 heteroatoms. The second kappa shape index (κ2) is 3.37. The van der Waals surface area contributed by atoms with Crippen molar-refractivity contribution in [1.82, 2.24) is 5.09 Å². The molecule has 1 rings (SSSR count). The van der Waals surface area contributed by atoms with Crippen molar-refractivity contribution in [2.45, 2.75) is 19.8 Å². The average Bonchev–Trinajstić information content (AvgIpc) is 1.86. The highest BCUT2D eigenvalue weighted by Gasteiger charge is 2.28. The van der Waals surface area contributed by atoms with Gasteiger partial charge in [-0.2, -0.15) is 0 Å². The van der Waals surface area contributed by atoms with E-state index in [2.05, 4.69) is 5.09 Å². The van der Waals surface area contributed by atoms with Crippen molar-refractivity contribution in [2.24, 2.45) is 0 Å². The summed E-state index contributed by atoms with van der Waals surface area (Å²) in [5.74, 6) is -0.159. The molecular weight excluding hydrogens is 165 g/mol. The first-order valence-corrected chi connectivity index (χ1v) is 5.52. The van der Waals surface area contributed by atoms with Gasteiger partial charge in [-0.25, -0.2) is 0 Å². The lowest BCUT2D eigenvalue weighted by Crippen LogP contribution is -2.27. The molecule has 0 bridgehead atoms. The van der Waals surface area contributed by atoms with Crippen molar-refractivity contribution < 1.29 is 13.9 Å². The largest absolute Gasteiger partial charge is 0.314 e. The molecule has 0 spiro atoms. The van der Waals surface area contributed by atoms with Crippen LogP contribution < -0.4 is 5.09 Å². The highest BCUT2D eigenvalue weighted by atomic mass is 31.2. The van der Waals surface area contributed by atoms with Crippen LogP contribution in [0.1, 0.15) is 19.8 Å². The summed E-state index contributed by atoms with van der Waals surface area (Å²) in [6.45, 7) is 2.15. The number of amides is 1. The normalized spacial score (nSPS) is 31.5. The summed E-state index contributed by atoms with van der Waals surface area (Å²) in [5.41, 5.74) is 0. The Morgan fingerprint density at radius 1 is 1.73 bits per heavy atom. The van der Waals surface area contributed by atoms with Gasteiger partial charge < -0.3 is 4.52 Å². The van der Waals surface area contributed by atoms with Crippen molar-refractivity contribution in [3.8, 4) is 0 Å². The van der Waals surface area contributed by atoms with Gasteiger partial charge in [0.1, 0.15) is 0 Å². The maximum Gasteiger partial charge on any atom is 0.295 e. The maximum atomic E-state index is 11.5. The van der Waals surface area contributed by atoms with Crippen LogP contribution in [0.15, 0.2) is 0 Å². The van der Waals surface area contributed by atoms with Gasteiger partial charge in [-0.15, -0.1) is 0 Å². The van der Waals surface area contributed by atoms with Crippen LogP contribution in [0.3, 0.4) is 0 Å². The second-order valence-corrected chi connectivity index (χ2v) is 4.73. The topological polar surface area (TPSA) is 55.4 Å². The zero-order chi connectivity index (χ0) is 8.32. The first-order chi connectivity index (χ1) is 5.16. The van der Waals surface area contributed by atoms with Gasteiger partial charge in [0.05, 0.1) is 6.61 Å². The first-order valence-electron chi connectivity index (χ1n) is 3.71. The Hall–Kier alpha value is -0.340. The zero-order valence-corrected chi connectivity index (χ0v) is 7.39. The summed E-state index contributed by atoms with van der Waals surface area (Å²) >= 11 is 0. The molecule has 1 saturated heterocycles. The van der Waals surface area contributed by atoms with E-state index >= 15 is 0 Å². The third-order valence-corrected chi connectivity index (χ3v) is 3.66. The van der Waals surface area contributed by atoms with Crippen LogP contribution in [0, 0.1) is 0 Å². The van der Waals surface area contributed by atoms with Crippen LogP contribution in [-0.4, -0.2) is 18.7 Å². The predicted octanol–water partition coefficient (Wildman–Crippen LogP) is 1.13. The van der Waals surface area contributed by atoms with Crippen molar-refractivity contribution >= 4 is 13.4 Å². The fourth-order valence-corrected chi connectivity index (χ4v) is 2.84. The minimum Gasteiger partial charge on any atom is -0.314 e. The van der Waals surface area contributed by atoms with E-state index in [1.807, 2.05) is 0 Å². The van der Waals surface area contributed by atoms with E-state index < -0.39 is 7.52 Å². The Labute approximate surface area is 65.8 Å². The van der Waals surface area contributed by atoms with Gasteiger partial charge in [-0.3, -0.25) is 14.4 Å². The van der Waals surface area contributed by atoms with Crippen LogP contribution in [0.4, 0.5) is 0 Å². The van der Waals surface area contributed by atoms with Crippen molar-refractivity contribution in [2.75, 3.05) is 12.8 Å². The van der Waals surface area contributed by atoms with Crippen LogP contribution in [0.25, 0.3) is 0 Å². The molecule has 1 unspecified atom stereocenters. The molecule has 0 aromatic heterocycles. The Bertz CT molecular complexity index is 198. The van der Waals surface area contributed by atoms with E-state index in [-0.39, 0.29) is 5.91 Å². The highest BCUT2D eigenvalue weighted by Crippen LogP contribution is 2.45. The summed E-state index contributed by atoms with van der Waals surface area (Å²) in [4.78, 5) is 10.8. The number of carbonyl (C=O) groups excluding carboxylic acids is 1. The van der Waals surface area contributed by atoms with Gasteiger partial charge in [-0.05, 0) is 13.3 Å². The molecular formula is C6H12NO3P. The Kier molecular flexibility index (Phi) is 2.68. The number of nitrogens with one attached hydrogen (secondary N) is 1. The van der Waals surface area contributed by atoms with Crippen LogP contribution in [-0.2, 0) is 13.9 Å². The minimum atomic E-state index is -2.77.